The highest BCUT2D eigenvalue weighted by molar-refractivity contribution is 6.06. The molecule has 0 amide bonds. The maximum absolute atomic E-state index is 5.97. The fourth-order valence-corrected chi connectivity index (χ4v) is 3.43. The average molecular weight is 329 g/mol. The Bertz CT molecular complexity index is 1070. The van der Waals surface area contributed by atoms with Gasteiger partial charge < -0.3 is 4.42 Å². The number of benzene rings is 2. The van der Waals surface area contributed by atoms with Crippen molar-refractivity contribution in [2.75, 3.05) is 0 Å². The van der Waals surface area contributed by atoms with Gasteiger partial charge >= 0.3 is 0 Å². The highest BCUT2D eigenvalue weighted by Gasteiger charge is 2.11. The van der Waals surface area contributed by atoms with Crippen LogP contribution in [0.2, 0.25) is 0 Å². The molecule has 2 heteroatoms. The Labute approximate surface area is 148 Å². The van der Waals surface area contributed by atoms with E-state index in [0.717, 1.165) is 34.2 Å². The lowest BCUT2D eigenvalue weighted by atomic mass is 9.97. The van der Waals surface area contributed by atoms with Gasteiger partial charge in [0.1, 0.15) is 11.2 Å². The first-order valence-corrected chi connectivity index (χ1v) is 8.90. The summed E-state index contributed by atoms with van der Waals surface area (Å²) in [5.41, 5.74) is 7.94. The van der Waals surface area contributed by atoms with Gasteiger partial charge in [-0.05, 0) is 73.7 Å². The minimum absolute atomic E-state index is 0.636. The Morgan fingerprint density at radius 1 is 0.920 bits per heavy atom. The van der Waals surface area contributed by atoms with E-state index in [1.165, 1.54) is 22.1 Å². The van der Waals surface area contributed by atoms with Crippen LogP contribution in [0.5, 0.6) is 0 Å². The fourth-order valence-electron chi connectivity index (χ4n) is 3.43. The second-order valence-corrected chi connectivity index (χ2v) is 7.41. The Morgan fingerprint density at radius 2 is 1.64 bits per heavy atom. The van der Waals surface area contributed by atoms with E-state index in [4.69, 9.17) is 4.42 Å². The van der Waals surface area contributed by atoms with E-state index in [-0.39, 0.29) is 0 Å². The standard InChI is InChI=1S/C23H23NO/c1-14(2)9-18-12-21(24-13-16(18)4)17-6-8-23-20(11-17)19-10-15(3)5-7-22(19)25-23/h5-8,10-14H,9H2,1-4H3. The molecule has 0 aliphatic heterocycles. The number of pyridine rings is 1. The molecular weight excluding hydrogens is 306 g/mol. The molecule has 2 heterocycles. The van der Waals surface area contributed by atoms with Gasteiger partial charge in [-0.15, -0.1) is 0 Å². The van der Waals surface area contributed by atoms with Gasteiger partial charge in [-0.25, -0.2) is 0 Å². The molecule has 0 fully saturated rings. The van der Waals surface area contributed by atoms with E-state index >= 15 is 0 Å². The van der Waals surface area contributed by atoms with Crippen LogP contribution in [0.1, 0.15) is 30.5 Å². The van der Waals surface area contributed by atoms with E-state index < -0.39 is 0 Å². The molecular formula is C23H23NO. The minimum atomic E-state index is 0.636. The number of aryl methyl sites for hydroxylation is 2. The van der Waals surface area contributed by atoms with Crippen molar-refractivity contribution in [3.05, 3.63) is 65.4 Å². The predicted molar refractivity (Wildman–Crippen MR) is 105 cm³/mol. The highest BCUT2D eigenvalue weighted by Crippen LogP contribution is 2.33. The molecule has 0 N–H and O–H groups in total. The van der Waals surface area contributed by atoms with E-state index in [2.05, 4.69) is 75.1 Å². The summed E-state index contributed by atoms with van der Waals surface area (Å²) < 4.78 is 5.97. The molecule has 0 saturated heterocycles. The maximum Gasteiger partial charge on any atom is 0.135 e. The molecule has 0 aliphatic carbocycles. The Morgan fingerprint density at radius 3 is 2.40 bits per heavy atom. The van der Waals surface area contributed by atoms with Gasteiger partial charge in [-0.3, -0.25) is 4.98 Å². The molecule has 0 spiro atoms. The van der Waals surface area contributed by atoms with Gasteiger partial charge in [0.05, 0.1) is 5.69 Å². The van der Waals surface area contributed by atoms with Crippen molar-refractivity contribution in [2.45, 2.75) is 34.1 Å². The van der Waals surface area contributed by atoms with Gasteiger partial charge in [0.2, 0.25) is 0 Å². The molecule has 0 saturated carbocycles. The minimum Gasteiger partial charge on any atom is -0.456 e. The van der Waals surface area contributed by atoms with Crippen LogP contribution in [0, 0.1) is 19.8 Å². The molecule has 0 radical (unpaired) electrons. The summed E-state index contributed by atoms with van der Waals surface area (Å²) in [7, 11) is 0. The van der Waals surface area contributed by atoms with Crippen LogP contribution in [0.15, 0.2) is 53.1 Å². The molecule has 2 aromatic heterocycles. The first-order valence-electron chi connectivity index (χ1n) is 8.90. The van der Waals surface area contributed by atoms with Crippen LogP contribution in [-0.4, -0.2) is 4.98 Å². The molecule has 0 unspecified atom stereocenters. The van der Waals surface area contributed by atoms with Crippen molar-refractivity contribution < 1.29 is 4.42 Å². The summed E-state index contributed by atoms with van der Waals surface area (Å²) in [5, 5.41) is 2.33. The Kier molecular flexibility index (Phi) is 3.84. The zero-order valence-electron chi connectivity index (χ0n) is 15.3. The third-order valence-corrected chi connectivity index (χ3v) is 4.76. The normalized spacial score (nSPS) is 11.7. The number of nitrogens with zero attached hydrogens (tertiary/aromatic N) is 1. The predicted octanol–water partition coefficient (Wildman–Crippen LogP) is 6.46. The van der Waals surface area contributed by atoms with E-state index in [1.54, 1.807) is 0 Å². The molecule has 0 atom stereocenters. The number of furan rings is 1. The summed E-state index contributed by atoms with van der Waals surface area (Å²) in [6.07, 6.45) is 3.08. The van der Waals surface area contributed by atoms with Crippen molar-refractivity contribution >= 4 is 21.9 Å². The average Bonchev–Trinajstić information content (AvgIpc) is 2.93. The summed E-state index contributed by atoms with van der Waals surface area (Å²) in [4.78, 5) is 4.67. The monoisotopic (exact) mass is 329 g/mol. The number of fused-ring (bicyclic) bond motifs is 3. The van der Waals surface area contributed by atoms with Crippen molar-refractivity contribution in [2.24, 2.45) is 5.92 Å². The van der Waals surface area contributed by atoms with Crippen LogP contribution in [0.4, 0.5) is 0 Å². The van der Waals surface area contributed by atoms with Crippen LogP contribution in [0.3, 0.4) is 0 Å². The van der Waals surface area contributed by atoms with Crippen LogP contribution < -0.4 is 0 Å². The molecule has 0 bridgehead atoms. The number of aromatic nitrogens is 1. The molecule has 4 aromatic rings. The second kappa shape index (κ2) is 6.03. The van der Waals surface area contributed by atoms with Gasteiger partial charge in [-0.2, -0.15) is 0 Å². The zero-order chi connectivity index (χ0) is 17.6. The summed E-state index contributed by atoms with van der Waals surface area (Å²) in [6.45, 7) is 8.77. The van der Waals surface area contributed by atoms with Gasteiger partial charge in [0.25, 0.3) is 0 Å². The Balaban J connectivity index is 1.86. The lowest BCUT2D eigenvalue weighted by Crippen LogP contribution is -1.98. The van der Waals surface area contributed by atoms with Crippen LogP contribution in [0.25, 0.3) is 33.2 Å². The topological polar surface area (TPSA) is 26.0 Å². The maximum atomic E-state index is 5.97. The third kappa shape index (κ3) is 2.93. The van der Waals surface area contributed by atoms with Crippen LogP contribution in [-0.2, 0) is 6.42 Å². The summed E-state index contributed by atoms with van der Waals surface area (Å²) >= 11 is 0. The molecule has 2 aromatic carbocycles. The number of hydrogen-bond donors (Lipinski definition) is 0. The van der Waals surface area contributed by atoms with Crippen molar-refractivity contribution in [3.63, 3.8) is 0 Å². The Hall–Kier alpha value is -2.61. The van der Waals surface area contributed by atoms with Gasteiger partial charge in [0, 0.05) is 22.5 Å². The summed E-state index contributed by atoms with van der Waals surface area (Å²) in [5.74, 6) is 0.636. The number of rotatable bonds is 3. The van der Waals surface area contributed by atoms with Crippen molar-refractivity contribution in [1.82, 2.24) is 4.98 Å². The number of hydrogen-bond acceptors (Lipinski definition) is 2. The first-order chi connectivity index (χ1) is 12.0. The lowest BCUT2D eigenvalue weighted by molar-refractivity contribution is 0.644. The van der Waals surface area contributed by atoms with Crippen molar-refractivity contribution in [1.29, 1.82) is 0 Å². The molecule has 2 nitrogen and oxygen atoms in total. The quantitative estimate of drug-likeness (QED) is 0.431. The van der Waals surface area contributed by atoms with Crippen molar-refractivity contribution in [3.8, 4) is 11.3 Å². The fraction of sp³-hybridized carbons (Fsp3) is 0.261. The van der Waals surface area contributed by atoms with Gasteiger partial charge in [-0.1, -0.05) is 25.5 Å². The molecule has 4 rings (SSSR count). The molecule has 0 aliphatic rings. The first kappa shape index (κ1) is 15.9. The second-order valence-electron chi connectivity index (χ2n) is 7.41. The third-order valence-electron chi connectivity index (χ3n) is 4.76. The van der Waals surface area contributed by atoms with Gasteiger partial charge in [0.15, 0.2) is 0 Å². The SMILES string of the molecule is Cc1ccc2oc3ccc(-c4cc(CC(C)C)c(C)cn4)cc3c2c1. The highest BCUT2D eigenvalue weighted by atomic mass is 16.3. The molecule has 25 heavy (non-hydrogen) atoms. The van der Waals surface area contributed by atoms with E-state index in [1.807, 2.05) is 6.20 Å². The summed E-state index contributed by atoms with van der Waals surface area (Å²) in [6, 6.07) is 14.9. The van der Waals surface area contributed by atoms with E-state index in [0.29, 0.717) is 5.92 Å². The zero-order valence-corrected chi connectivity index (χ0v) is 15.3. The molecule has 126 valence electrons. The smallest absolute Gasteiger partial charge is 0.135 e. The largest absolute Gasteiger partial charge is 0.456 e. The van der Waals surface area contributed by atoms with E-state index in [9.17, 15) is 0 Å². The van der Waals surface area contributed by atoms with Crippen LogP contribution >= 0.6 is 0 Å². The lowest BCUT2D eigenvalue weighted by Gasteiger charge is -2.10.